The van der Waals surface area contributed by atoms with Gasteiger partial charge in [0.15, 0.2) is 0 Å². The van der Waals surface area contributed by atoms with E-state index in [1.807, 2.05) is 19.1 Å². The van der Waals surface area contributed by atoms with Gasteiger partial charge in [0.2, 0.25) is 0 Å². The lowest BCUT2D eigenvalue weighted by Gasteiger charge is -2.13. The molecule has 0 fully saturated rings. The molecule has 1 rings (SSSR count). The number of rotatable bonds is 4. The molecule has 2 nitrogen and oxygen atoms in total. The second kappa shape index (κ2) is 5.31. The van der Waals surface area contributed by atoms with E-state index >= 15 is 0 Å². The van der Waals surface area contributed by atoms with Crippen LogP contribution < -0.4 is 0 Å². The Morgan fingerprint density at radius 3 is 2.73 bits per heavy atom. The zero-order valence-electron chi connectivity index (χ0n) is 8.96. The van der Waals surface area contributed by atoms with Crippen molar-refractivity contribution in [1.29, 1.82) is 0 Å². The predicted octanol–water partition coefficient (Wildman–Crippen LogP) is 3.41. The fourth-order valence-electron chi connectivity index (χ4n) is 1.53. The van der Waals surface area contributed by atoms with Gasteiger partial charge in [0.25, 0.3) is 0 Å². The quantitative estimate of drug-likeness (QED) is 0.852. The largest absolute Gasteiger partial charge is 0.506 e. The van der Waals surface area contributed by atoms with Crippen LogP contribution in [0.2, 0.25) is 0 Å². The maximum atomic E-state index is 10.4. The van der Waals surface area contributed by atoms with Gasteiger partial charge in [0.1, 0.15) is 12.0 Å². The van der Waals surface area contributed by atoms with Crippen LogP contribution in [0.1, 0.15) is 37.3 Å². The van der Waals surface area contributed by atoms with E-state index in [-0.39, 0.29) is 11.7 Å². The number of hydrogen-bond donors (Lipinski definition) is 1. The van der Waals surface area contributed by atoms with Gasteiger partial charge in [-0.2, -0.15) is 0 Å². The Kier molecular flexibility index (Phi) is 4.33. The summed E-state index contributed by atoms with van der Waals surface area (Å²) in [5.74, 6) is 0.312. The molecule has 0 bridgehead atoms. The predicted molar refractivity (Wildman–Crippen MR) is 64.3 cm³/mol. The molecule has 0 aliphatic heterocycles. The van der Waals surface area contributed by atoms with Gasteiger partial charge in [0, 0.05) is 6.42 Å². The van der Waals surface area contributed by atoms with Crippen LogP contribution in [0.15, 0.2) is 16.6 Å². The zero-order valence-corrected chi connectivity index (χ0v) is 10.5. The van der Waals surface area contributed by atoms with Crippen molar-refractivity contribution in [3.8, 4) is 5.75 Å². The first-order valence-electron chi connectivity index (χ1n) is 5.05. The average molecular weight is 271 g/mol. The van der Waals surface area contributed by atoms with Crippen molar-refractivity contribution < 1.29 is 9.90 Å². The Labute approximate surface area is 98.4 Å². The molecule has 0 saturated heterocycles. The number of phenols is 1. The molecule has 1 aromatic carbocycles. The number of aryl methyl sites for hydroxylation is 1. The minimum absolute atomic E-state index is 0.0605. The second-order valence-corrected chi connectivity index (χ2v) is 4.53. The smallest absolute Gasteiger partial charge is 0.133 e. The number of aromatic hydroxyl groups is 1. The summed E-state index contributed by atoms with van der Waals surface area (Å²) in [5, 5.41) is 9.85. The molecule has 1 atom stereocenters. The number of aldehydes is 1. The SMILES string of the molecule is CCc1cc(Br)c(O)c(C(C)CC=O)c1. The number of benzene rings is 1. The van der Waals surface area contributed by atoms with Crippen LogP contribution in [0, 0.1) is 0 Å². The van der Waals surface area contributed by atoms with Crippen LogP contribution >= 0.6 is 15.9 Å². The Balaban J connectivity index is 3.14. The van der Waals surface area contributed by atoms with E-state index in [1.54, 1.807) is 0 Å². The maximum absolute atomic E-state index is 10.4. The fourth-order valence-corrected chi connectivity index (χ4v) is 2.05. The number of carbonyl (C=O) groups is 1. The molecule has 0 spiro atoms. The summed E-state index contributed by atoms with van der Waals surface area (Å²) in [5.41, 5.74) is 2.00. The van der Waals surface area contributed by atoms with Gasteiger partial charge in [-0.3, -0.25) is 0 Å². The van der Waals surface area contributed by atoms with E-state index in [2.05, 4.69) is 22.9 Å². The fraction of sp³-hybridized carbons (Fsp3) is 0.417. The molecule has 1 unspecified atom stereocenters. The van der Waals surface area contributed by atoms with Crippen LogP contribution in [0.4, 0.5) is 0 Å². The van der Waals surface area contributed by atoms with Crippen molar-refractivity contribution in [2.45, 2.75) is 32.6 Å². The molecule has 15 heavy (non-hydrogen) atoms. The Bertz CT molecular complexity index is 361. The van der Waals surface area contributed by atoms with E-state index in [1.165, 1.54) is 0 Å². The third kappa shape index (κ3) is 2.81. The summed E-state index contributed by atoms with van der Waals surface area (Å²) in [6.45, 7) is 4.00. The molecule has 1 aromatic rings. The molecule has 3 heteroatoms. The highest BCUT2D eigenvalue weighted by atomic mass is 79.9. The lowest BCUT2D eigenvalue weighted by Crippen LogP contribution is -1.97. The van der Waals surface area contributed by atoms with Crippen molar-refractivity contribution in [3.05, 3.63) is 27.7 Å². The highest BCUT2D eigenvalue weighted by Gasteiger charge is 2.13. The molecular formula is C12H15BrO2. The number of phenolic OH excluding ortho intramolecular Hbond substituents is 1. The van der Waals surface area contributed by atoms with Crippen molar-refractivity contribution >= 4 is 22.2 Å². The number of hydrogen-bond acceptors (Lipinski definition) is 2. The highest BCUT2D eigenvalue weighted by molar-refractivity contribution is 9.10. The lowest BCUT2D eigenvalue weighted by atomic mass is 9.95. The maximum Gasteiger partial charge on any atom is 0.133 e. The third-order valence-electron chi connectivity index (χ3n) is 2.54. The highest BCUT2D eigenvalue weighted by Crippen LogP contribution is 2.35. The van der Waals surface area contributed by atoms with E-state index in [9.17, 15) is 9.90 Å². The molecule has 0 saturated carbocycles. The molecule has 82 valence electrons. The van der Waals surface area contributed by atoms with Gasteiger partial charge in [-0.25, -0.2) is 0 Å². The minimum Gasteiger partial charge on any atom is -0.506 e. The summed E-state index contributed by atoms with van der Waals surface area (Å²) >= 11 is 3.32. The molecule has 0 heterocycles. The van der Waals surface area contributed by atoms with Crippen molar-refractivity contribution in [2.24, 2.45) is 0 Å². The first-order chi connectivity index (χ1) is 7.10. The monoisotopic (exact) mass is 270 g/mol. The topological polar surface area (TPSA) is 37.3 Å². The molecule has 0 amide bonds. The third-order valence-corrected chi connectivity index (χ3v) is 3.15. The first kappa shape index (κ1) is 12.2. The molecule has 0 aliphatic rings. The van der Waals surface area contributed by atoms with Gasteiger partial charge >= 0.3 is 0 Å². The summed E-state index contributed by atoms with van der Waals surface area (Å²) in [6.07, 6.45) is 2.24. The zero-order chi connectivity index (χ0) is 11.4. The van der Waals surface area contributed by atoms with E-state index < -0.39 is 0 Å². The minimum atomic E-state index is 0.0605. The Hall–Kier alpha value is -0.830. The van der Waals surface area contributed by atoms with Gasteiger partial charge in [0.05, 0.1) is 4.47 Å². The van der Waals surface area contributed by atoms with Gasteiger partial charge < -0.3 is 9.90 Å². The normalized spacial score (nSPS) is 12.5. The lowest BCUT2D eigenvalue weighted by molar-refractivity contribution is -0.108. The van der Waals surface area contributed by atoms with Gasteiger partial charge in [-0.15, -0.1) is 0 Å². The van der Waals surface area contributed by atoms with Crippen molar-refractivity contribution in [3.63, 3.8) is 0 Å². The Morgan fingerprint density at radius 2 is 2.20 bits per heavy atom. The molecule has 0 radical (unpaired) electrons. The Morgan fingerprint density at radius 1 is 1.53 bits per heavy atom. The number of carbonyl (C=O) groups excluding carboxylic acids is 1. The van der Waals surface area contributed by atoms with Crippen molar-refractivity contribution in [2.75, 3.05) is 0 Å². The van der Waals surface area contributed by atoms with Crippen molar-refractivity contribution in [1.82, 2.24) is 0 Å². The summed E-state index contributed by atoms with van der Waals surface area (Å²) < 4.78 is 0.703. The van der Waals surface area contributed by atoms with E-state index in [0.29, 0.717) is 10.9 Å². The molecule has 0 aromatic heterocycles. The van der Waals surface area contributed by atoms with Crippen LogP contribution in [-0.2, 0) is 11.2 Å². The van der Waals surface area contributed by atoms with Crippen LogP contribution in [0.5, 0.6) is 5.75 Å². The van der Waals surface area contributed by atoms with Gasteiger partial charge in [-0.1, -0.05) is 19.9 Å². The summed E-state index contributed by atoms with van der Waals surface area (Å²) in [4.78, 5) is 10.4. The number of halogens is 1. The second-order valence-electron chi connectivity index (χ2n) is 3.67. The van der Waals surface area contributed by atoms with Crippen LogP contribution in [-0.4, -0.2) is 11.4 Å². The summed E-state index contributed by atoms with van der Waals surface area (Å²) in [7, 11) is 0. The standard InChI is InChI=1S/C12H15BrO2/c1-3-9-6-10(8(2)4-5-14)12(15)11(13)7-9/h5-8,15H,3-4H2,1-2H3. The van der Waals surface area contributed by atoms with E-state index in [4.69, 9.17) is 0 Å². The van der Waals surface area contributed by atoms with Crippen LogP contribution in [0.3, 0.4) is 0 Å². The van der Waals surface area contributed by atoms with E-state index in [0.717, 1.165) is 23.8 Å². The molecule has 0 aliphatic carbocycles. The molecular weight excluding hydrogens is 256 g/mol. The van der Waals surface area contributed by atoms with Gasteiger partial charge in [-0.05, 0) is 45.5 Å². The van der Waals surface area contributed by atoms with Crippen LogP contribution in [0.25, 0.3) is 0 Å². The average Bonchev–Trinajstić information content (AvgIpc) is 2.22. The first-order valence-corrected chi connectivity index (χ1v) is 5.84. The summed E-state index contributed by atoms with van der Waals surface area (Å²) in [6, 6.07) is 3.88. The molecule has 1 N–H and O–H groups in total.